The van der Waals surface area contributed by atoms with Crippen LogP contribution in [-0.2, 0) is 19.1 Å². The number of Topliss-reactive ketones (excluding diaryl/α,β-unsaturated/α-hetero) is 2. The maximum atomic E-state index is 14.0. The van der Waals surface area contributed by atoms with Crippen LogP contribution in [0.1, 0.15) is 57.5 Å². The molecule has 0 bridgehead atoms. The number of rotatable bonds is 10. The lowest BCUT2D eigenvalue weighted by Crippen LogP contribution is -2.37. The topological polar surface area (TPSA) is 86.7 Å². The molecule has 56 heavy (non-hydrogen) atoms. The number of ketones is 2. The molecular weight excluding hydrogens is 738 g/mol. The van der Waals surface area contributed by atoms with Gasteiger partial charge in [0.1, 0.15) is 0 Å². The molecule has 0 radical (unpaired) electrons. The highest BCUT2D eigenvalue weighted by Crippen LogP contribution is 2.52. The number of hydrogen-bond acceptors (Lipinski definition) is 6. The van der Waals surface area contributed by atoms with Gasteiger partial charge in [0.2, 0.25) is 0 Å². The summed E-state index contributed by atoms with van der Waals surface area (Å²) in [4.78, 5) is 50.8. The molecule has 0 N–H and O–H groups in total. The van der Waals surface area contributed by atoms with Crippen molar-refractivity contribution in [2.75, 3.05) is 13.2 Å². The van der Waals surface area contributed by atoms with Crippen LogP contribution in [-0.4, -0.2) is 49.1 Å². The van der Waals surface area contributed by atoms with Gasteiger partial charge in [0.05, 0.1) is 25.0 Å². The van der Waals surface area contributed by atoms with E-state index in [0.29, 0.717) is 11.1 Å². The van der Waals surface area contributed by atoms with Crippen LogP contribution in [0.4, 0.5) is 26.3 Å². The van der Waals surface area contributed by atoms with Crippen LogP contribution in [0.2, 0.25) is 0 Å². The molecule has 0 aliphatic heterocycles. The van der Waals surface area contributed by atoms with Crippen molar-refractivity contribution in [3.8, 4) is 0 Å². The molecule has 0 heterocycles. The summed E-state index contributed by atoms with van der Waals surface area (Å²) in [6, 6.07) is 32.6. The molecule has 6 rings (SSSR count). The summed E-state index contributed by atoms with van der Waals surface area (Å²) in [6.07, 6.45) is -7.04. The second kappa shape index (κ2) is 17.8. The van der Waals surface area contributed by atoms with E-state index in [0.717, 1.165) is 0 Å². The molecule has 2 aliphatic rings. The third-order valence-electron chi connectivity index (χ3n) is 9.70. The maximum Gasteiger partial charge on any atom is 0.396 e. The third kappa shape index (κ3) is 9.18. The van der Waals surface area contributed by atoms with E-state index in [1.54, 1.807) is 97.1 Å². The highest BCUT2D eigenvalue weighted by molar-refractivity contribution is 6.03. The van der Waals surface area contributed by atoms with Crippen molar-refractivity contribution in [1.82, 2.24) is 0 Å². The lowest BCUT2D eigenvalue weighted by atomic mass is 9.77. The van der Waals surface area contributed by atoms with Gasteiger partial charge in [-0.05, 0) is 25.0 Å². The molecule has 4 aromatic carbocycles. The molecule has 12 heteroatoms. The number of benzene rings is 4. The average molecular weight is 777 g/mol. The Hall–Kier alpha value is -5.78. The molecule has 0 unspecified atom stereocenters. The molecular formula is C44H38F6O6. The van der Waals surface area contributed by atoms with Gasteiger partial charge in [-0.25, -0.2) is 9.59 Å². The SMILES string of the molecule is CCOC(=O)C1=C[C@H](c2ccccc2)[C@@H](C(=O)c2ccccc2)[C@@H]1C(F)(F)F.CCOC(=O)C1=C[C@H](c2ccccc2)[C@@H](C(=O)c2ccccc2)[C@@H]1C(F)(F)F. The van der Waals surface area contributed by atoms with Crippen molar-refractivity contribution in [2.45, 2.75) is 38.0 Å². The van der Waals surface area contributed by atoms with E-state index < -0.39 is 82.5 Å². The van der Waals surface area contributed by atoms with Gasteiger partial charge in [0.15, 0.2) is 11.6 Å². The molecule has 6 nitrogen and oxygen atoms in total. The van der Waals surface area contributed by atoms with Crippen molar-refractivity contribution in [3.63, 3.8) is 0 Å². The maximum absolute atomic E-state index is 14.0. The first-order valence-corrected chi connectivity index (χ1v) is 17.9. The van der Waals surface area contributed by atoms with Crippen LogP contribution in [0.5, 0.6) is 0 Å². The Kier molecular flexibility index (Phi) is 13.1. The molecule has 2 aliphatic carbocycles. The first kappa shape index (κ1) is 41.4. The highest BCUT2D eigenvalue weighted by Gasteiger charge is 2.58. The van der Waals surface area contributed by atoms with Gasteiger partial charge in [0, 0.05) is 45.9 Å². The molecule has 0 amide bonds. The summed E-state index contributed by atoms with van der Waals surface area (Å²) in [6.45, 7) is 2.96. The van der Waals surface area contributed by atoms with E-state index in [1.807, 2.05) is 0 Å². The van der Waals surface area contributed by atoms with Crippen molar-refractivity contribution in [2.24, 2.45) is 23.7 Å². The number of hydrogen-bond donors (Lipinski definition) is 0. The standard InChI is InChI=1S/2C22H19F3O3/c2*1-2-28-21(27)17-13-16(14-9-5-3-6-10-14)18(19(17)22(23,24)25)20(26)15-11-7-4-8-12-15/h2*3-13,16,18-19H,2H2,1H3/t2*16-,18-,19-/m11/s1. The predicted octanol–water partition coefficient (Wildman–Crippen LogP) is 9.90. The normalized spacial score (nSPS) is 21.9. The van der Waals surface area contributed by atoms with E-state index in [-0.39, 0.29) is 24.3 Å². The zero-order valence-electron chi connectivity index (χ0n) is 30.3. The summed E-state index contributed by atoms with van der Waals surface area (Å²) in [5.41, 5.74) is 0.452. The fraction of sp³-hybridized carbons (Fsp3) is 0.273. The molecule has 292 valence electrons. The Morgan fingerprint density at radius 2 is 0.768 bits per heavy atom. The first-order valence-electron chi connectivity index (χ1n) is 17.9. The molecule has 0 aromatic heterocycles. The molecule has 4 aromatic rings. The Morgan fingerprint density at radius 3 is 1.04 bits per heavy atom. The second-order valence-corrected chi connectivity index (χ2v) is 13.1. The van der Waals surface area contributed by atoms with E-state index in [2.05, 4.69) is 0 Å². The zero-order valence-corrected chi connectivity index (χ0v) is 30.3. The van der Waals surface area contributed by atoms with E-state index in [9.17, 15) is 45.5 Å². The van der Waals surface area contributed by atoms with E-state index in [1.165, 1.54) is 50.3 Å². The van der Waals surface area contributed by atoms with Gasteiger partial charge in [-0.2, -0.15) is 26.3 Å². The molecule has 0 fully saturated rings. The molecule has 0 saturated carbocycles. The van der Waals surface area contributed by atoms with Crippen molar-refractivity contribution in [3.05, 3.63) is 167 Å². The van der Waals surface area contributed by atoms with Gasteiger partial charge in [-0.15, -0.1) is 0 Å². The highest BCUT2D eigenvalue weighted by atomic mass is 19.4. The Labute approximate surface area is 319 Å². The van der Waals surface area contributed by atoms with Gasteiger partial charge < -0.3 is 9.47 Å². The Bertz CT molecular complexity index is 1890. The minimum Gasteiger partial charge on any atom is -0.463 e. The van der Waals surface area contributed by atoms with Crippen molar-refractivity contribution >= 4 is 23.5 Å². The lowest BCUT2D eigenvalue weighted by molar-refractivity contribution is -0.176. The summed E-state index contributed by atoms with van der Waals surface area (Å²) in [5, 5.41) is 0. The molecule has 6 atom stereocenters. The van der Waals surface area contributed by atoms with Crippen LogP contribution < -0.4 is 0 Å². The van der Waals surface area contributed by atoms with E-state index >= 15 is 0 Å². The first-order chi connectivity index (χ1) is 26.7. The summed E-state index contributed by atoms with van der Waals surface area (Å²) >= 11 is 0. The monoisotopic (exact) mass is 776 g/mol. The van der Waals surface area contributed by atoms with Gasteiger partial charge >= 0.3 is 24.3 Å². The smallest absolute Gasteiger partial charge is 0.396 e. The molecule has 0 spiro atoms. The van der Waals surface area contributed by atoms with Gasteiger partial charge in [0.25, 0.3) is 0 Å². The summed E-state index contributed by atoms with van der Waals surface area (Å²) in [5.74, 6) is -12.5. The van der Waals surface area contributed by atoms with Gasteiger partial charge in [-0.1, -0.05) is 133 Å². The number of allylic oxidation sites excluding steroid dienone is 2. The average Bonchev–Trinajstić information content (AvgIpc) is 3.81. The zero-order chi connectivity index (χ0) is 40.6. The lowest BCUT2D eigenvalue weighted by Gasteiger charge is -2.27. The van der Waals surface area contributed by atoms with Crippen molar-refractivity contribution in [1.29, 1.82) is 0 Å². The van der Waals surface area contributed by atoms with Crippen LogP contribution in [0.3, 0.4) is 0 Å². The van der Waals surface area contributed by atoms with Crippen LogP contribution >= 0.6 is 0 Å². The number of carbonyl (C=O) groups excluding carboxylic acids is 4. The van der Waals surface area contributed by atoms with Crippen LogP contribution in [0, 0.1) is 23.7 Å². The minimum atomic E-state index is -4.77. The minimum absolute atomic E-state index is 0.0476. The number of ether oxygens (including phenoxy) is 2. The number of carbonyl (C=O) groups is 4. The van der Waals surface area contributed by atoms with E-state index in [4.69, 9.17) is 9.47 Å². The van der Waals surface area contributed by atoms with Crippen LogP contribution in [0.15, 0.2) is 145 Å². The number of halogens is 6. The third-order valence-corrected chi connectivity index (χ3v) is 9.70. The largest absolute Gasteiger partial charge is 0.463 e. The Morgan fingerprint density at radius 1 is 0.482 bits per heavy atom. The second-order valence-electron chi connectivity index (χ2n) is 13.1. The summed E-state index contributed by atoms with van der Waals surface area (Å²) in [7, 11) is 0. The molecule has 0 saturated heterocycles. The Balaban J connectivity index is 0.000000214. The number of esters is 2. The van der Waals surface area contributed by atoms with Gasteiger partial charge in [-0.3, -0.25) is 9.59 Å². The van der Waals surface area contributed by atoms with Crippen LogP contribution in [0.25, 0.3) is 0 Å². The fourth-order valence-electron chi connectivity index (χ4n) is 7.36. The summed E-state index contributed by atoms with van der Waals surface area (Å²) < 4.78 is 93.9. The van der Waals surface area contributed by atoms with Crippen molar-refractivity contribution < 1.29 is 55.0 Å². The predicted molar refractivity (Wildman–Crippen MR) is 195 cm³/mol. The fourth-order valence-corrected chi connectivity index (χ4v) is 7.36. The number of alkyl halides is 6. The quantitative estimate of drug-likeness (QED) is 0.0906.